The third kappa shape index (κ3) is 3.58. The van der Waals surface area contributed by atoms with Gasteiger partial charge in [-0.3, -0.25) is 0 Å². The monoisotopic (exact) mass is 401 g/mol. The van der Waals surface area contributed by atoms with Crippen LogP contribution in [0.1, 0.15) is 42.4 Å². The Morgan fingerprint density at radius 1 is 1.24 bits per heavy atom. The summed E-state index contributed by atoms with van der Waals surface area (Å²) in [6, 6.07) is 16.7. The molecule has 2 aromatic rings. The van der Waals surface area contributed by atoms with Crippen molar-refractivity contribution in [1.29, 1.82) is 0 Å². The smallest absolute Gasteiger partial charge is 0.218 e. The molecule has 2 atom stereocenters. The summed E-state index contributed by atoms with van der Waals surface area (Å²) in [6.07, 6.45) is 1.73. The van der Waals surface area contributed by atoms with E-state index in [1.54, 1.807) is 12.1 Å². The van der Waals surface area contributed by atoms with E-state index in [0.717, 1.165) is 28.4 Å². The lowest BCUT2D eigenvalue weighted by molar-refractivity contribution is -0.178. The normalized spacial score (nSPS) is 21.3. The predicted octanol–water partition coefficient (Wildman–Crippen LogP) is 4.69. The summed E-state index contributed by atoms with van der Waals surface area (Å²) >= 11 is 3.58. The van der Waals surface area contributed by atoms with Crippen LogP contribution in [0.15, 0.2) is 58.0 Å². The number of nitrogens with zero attached hydrogens (tertiary/aromatic N) is 2. The molecule has 0 saturated heterocycles. The van der Waals surface area contributed by atoms with Crippen LogP contribution in [-0.2, 0) is 10.6 Å². The van der Waals surface area contributed by atoms with E-state index in [9.17, 15) is 0 Å². The van der Waals surface area contributed by atoms with Gasteiger partial charge in [-0.2, -0.15) is 0 Å². The average Bonchev–Trinajstić information content (AvgIpc) is 2.90. The Balaban J connectivity index is 2.06. The quantitative estimate of drug-likeness (QED) is 0.790. The van der Waals surface area contributed by atoms with E-state index >= 15 is 0 Å². The van der Waals surface area contributed by atoms with Gasteiger partial charge in [-0.1, -0.05) is 59.3 Å². The van der Waals surface area contributed by atoms with Crippen LogP contribution < -0.4 is 5.73 Å². The van der Waals surface area contributed by atoms with Crippen molar-refractivity contribution in [3.05, 3.63) is 69.7 Å². The summed E-state index contributed by atoms with van der Waals surface area (Å²) < 4.78 is 1.01. The molecule has 0 aromatic heterocycles. The summed E-state index contributed by atoms with van der Waals surface area (Å²) in [5.41, 5.74) is 8.75. The van der Waals surface area contributed by atoms with Crippen molar-refractivity contribution in [3.63, 3.8) is 0 Å². The first-order valence-corrected chi connectivity index (χ1v) is 9.34. The Labute approximate surface area is 157 Å². The van der Waals surface area contributed by atoms with Crippen LogP contribution in [0.4, 0.5) is 0 Å². The molecule has 0 bridgehead atoms. The highest BCUT2D eigenvalue weighted by Crippen LogP contribution is 2.44. The zero-order chi connectivity index (χ0) is 18.0. The van der Waals surface area contributed by atoms with E-state index in [1.165, 1.54) is 5.56 Å². The molecule has 132 valence electrons. The number of halogens is 1. The second-order valence-electron chi connectivity index (χ2n) is 6.52. The number of guanidine groups is 1. The lowest BCUT2D eigenvalue weighted by Crippen LogP contribution is -2.33. The minimum atomic E-state index is -0.802. The Hall–Kier alpha value is -1.85. The maximum Gasteiger partial charge on any atom is 0.218 e. The van der Waals surface area contributed by atoms with Crippen molar-refractivity contribution in [3.8, 4) is 0 Å². The van der Waals surface area contributed by atoms with Crippen LogP contribution in [0.25, 0.3) is 0 Å². The molecule has 25 heavy (non-hydrogen) atoms. The SMILES string of the molecule is CCC(CC1(c2cc(Br)ccc2C)N=C(N)N(C)O1)c1ccccc1. The van der Waals surface area contributed by atoms with Crippen molar-refractivity contribution in [1.82, 2.24) is 5.06 Å². The maximum absolute atomic E-state index is 6.22. The van der Waals surface area contributed by atoms with Gasteiger partial charge in [0, 0.05) is 23.5 Å². The Morgan fingerprint density at radius 3 is 2.56 bits per heavy atom. The van der Waals surface area contributed by atoms with Crippen LogP contribution in [-0.4, -0.2) is 18.1 Å². The van der Waals surface area contributed by atoms with Crippen LogP contribution in [0.5, 0.6) is 0 Å². The number of hydrogen-bond donors (Lipinski definition) is 1. The molecule has 2 N–H and O–H groups in total. The summed E-state index contributed by atoms with van der Waals surface area (Å²) in [7, 11) is 1.80. The standard InChI is InChI=1S/C20H24BrN3O/c1-4-15(16-8-6-5-7-9-16)13-20(23-19(22)24(3)25-20)18-12-17(21)11-10-14(18)2/h5-12,15H,4,13H2,1-3H3,(H2,22,23). The van der Waals surface area contributed by atoms with Gasteiger partial charge in [0.1, 0.15) is 0 Å². The van der Waals surface area contributed by atoms with E-state index in [-0.39, 0.29) is 0 Å². The van der Waals surface area contributed by atoms with Gasteiger partial charge in [0.25, 0.3) is 0 Å². The molecular formula is C20H24BrN3O. The molecule has 2 unspecified atom stereocenters. The molecule has 0 fully saturated rings. The molecule has 5 heteroatoms. The van der Waals surface area contributed by atoms with Gasteiger partial charge in [0.2, 0.25) is 11.7 Å². The first-order chi connectivity index (χ1) is 11.9. The summed E-state index contributed by atoms with van der Waals surface area (Å²) in [5.74, 6) is 0.727. The number of aryl methyl sites for hydroxylation is 1. The summed E-state index contributed by atoms with van der Waals surface area (Å²) in [5, 5.41) is 1.57. The largest absolute Gasteiger partial charge is 0.368 e. The number of aliphatic imine (C=N–C) groups is 1. The van der Waals surface area contributed by atoms with Gasteiger partial charge in [0.05, 0.1) is 0 Å². The lowest BCUT2D eigenvalue weighted by Gasteiger charge is -2.31. The molecule has 1 heterocycles. The van der Waals surface area contributed by atoms with Crippen LogP contribution in [0.2, 0.25) is 0 Å². The van der Waals surface area contributed by atoms with Gasteiger partial charge >= 0.3 is 0 Å². The number of hydroxylamine groups is 2. The van der Waals surface area contributed by atoms with Gasteiger partial charge in [0.15, 0.2) is 0 Å². The van der Waals surface area contributed by atoms with Gasteiger partial charge in [-0.05, 0) is 42.5 Å². The second kappa shape index (κ2) is 7.18. The molecule has 0 amide bonds. The minimum Gasteiger partial charge on any atom is -0.368 e. The summed E-state index contributed by atoms with van der Waals surface area (Å²) in [4.78, 5) is 11.0. The zero-order valence-electron chi connectivity index (χ0n) is 14.9. The molecule has 0 saturated carbocycles. The molecule has 1 aliphatic heterocycles. The highest BCUT2D eigenvalue weighted by Gasteiger charge is 2.43. The number of nitrogens with two attached hydrogens (primary N) is 1. The first-order valence-electron chi connectivity index (χ1n) is 8.55. The van der Waals surface area contributed by atoms with Gasteiger partial charge < -0.3 is 5.73 Å². The fourth-order valence-corrected chi connectivity index (χ4v) is 3.78. The van der Waals surface area contributed by atoms with Crippen LogP contribution in [0.3, 0.4) is 0 Å². The van der Waals surface area contributed by atoms with Crippen molar-refractivity contribution in [2.45, 2.75) is 38.3 Å². The van der Waals surface area contributed by atoms with E-state index in [0.29, 0.717) is 11.9 Å². The van der Waals surface area contributed by atoms with Crippen molar-refractivity contribution in [2.24, 2.45) is 10.7 Å². The topological polar surface area (TPSA) is 50.8 Å². The molecule has 0 aliphatic carbocycles. The highest BCUT2D eigenvalue weighted by molar-refractivity contribution is 9.10. The first kappa shape index (κ1) is 18.0. The fourth-order valence-electron chi connectivity index (χ4n) is 3.42. The fraction of sp³-hybridized carbons (Fsp3) is 0.350. The maximum atomic E-state index is 6.22. The molecule has 0 spiro atoms. The average molecular weight is 402 g/mol. The lowest BCUT2D eigenvalue weighted by atomic mass is 9.84. The van der Waals surface area contributed by atoms with Crippen LogP contribution >= 0.6 is 15.9 Å². The van der Waals surface area contributed by atoms with E-state index in [2.05, 4.69) is 66.2 Å². The predicted molar refractivity (Wildman–Crippen MR) is 105 cm³/mol. The second-order valence-corrected chi connectivity index (χ2v) is 7.44. The minimum absolute atomic E-state index is 0.322. The Kier molecular flexibility index (Phi) is 5.16. The van der Waals surface area contributed by atoms with E-state index < -0.39 is 5.72 Å². The molecule has 3 rings (SSSR count). The molecule has 0 radical (unpaired) electrons. The summed E-state index contributed by atoms with van der Waals surface area (Å²) in [6.45, 7) is 4.28. The van der Waals surface area contributed by atoms with Crippen molar-refractivity contribution in [2.75, 3.05) is 7.05 Å². The molecule has 2 aromatic carbocycles. The molecule has 1 aliphatic rings. The number of benzene rings is 2. The molecule has 4 nitrogen and oxygen atoms in total. The van der Waals surface area contributed by atoms with E-state index in [1.807, 2.05) is 12.1 Å². The Morgan fingerprint density at radius 2 is 1.96 bits per heavy atom. The van der Waals surface area contributed by atoms with E-state index in [4.69, 9.17) is 15.6 Å². The van der Waals surface area contributed by atoms with Crippen molar-refractivity contribution >= 4 is 21.9 Å². The third-order valence-corrected chi connectivity index (χ3v) is 5.31. The molecular weight excluding hydrogens is 378 g/mol. The zero-order valence-corrected chi connectivity index (χ0v) is 16.5. The Bertz CT molecular complexity index is 778. The number of rotatable bonds is 5. The van der Waals surface area contributed by atoms with Crippen LogP contribution in [0, 0.1) is 6.92 Å². The van der Waals surface area contributed by atoms with Crippen molar-refractivity contribution < 1.29 is 4.84 Å². The number of hydrogen-bond acceptors (Lipinski definition) is 4. The van der Waals surface area contributed by atoms with Gasteiger partial charge in [-0.25, -0.2) is 14.9 Å². The highest BCUT2D eigenvalue weighted by atomic mass is 79.9. The van der Waals surface area contributed by atoms with Gasteiger partial charge in [-0.15, -0.1) is 0 Å². The third-order valence-electron chi connectivity index (χ3n) is 4.81.